The van der Waals surface area contributed by atoms with Gasteiger partial charge < -0.3 is 5.32 Å². The summed E-state index contributed by atoms with van der Waals surface area (Å²) in [6.45, 7) is 2.57. The number of rotatable bonds is 4. The van der Waals surface area contributed by atoms with E-state index in [-0.39, 0.29) is 11.8 Å². The van der Waals surface area contributed by atoms with Crippen LogP contribution in [0.25, 0.3) is 10.8 Å². The van der Waals surface area contributed by atoms with Crippen LogP contribution < -0.4 is 5.32 Å². The van der Waals surface area contributed by atoms with Crippen molar-refractivity contribution in [1.29, 1.82) is 0 Å². The van der Waals surface area contributed by atoms with Gasteiger partial charge in [-0.15, -0.1) is 0 Å². The van der Waals surface area contributed by atoms with E-state index in [0.29, 0.717) is 10.0 Å². The third-order valence-corrected chi connectivity index (χ3v) is 7.09. The van der Waals surface area contributed by atoms with Gasteiger partial charge in [0.15, 0.2) is 0 Å². The lowest BCUT2D eigenvalue weighted by Gasteiger charge is -2.31. The van der Waals surface area contributed by atoms with E-state index in [1.807, 2.05) is 12.1 Å². The van der Waals surface area contributed by atoms with E-state index < -0.39 is 0 Å². The summed E-state index contributed by atoms with van der Waals surface area (Å²) >= 11 is 12.3. The Balaban J connectivity index is 1.23. The number of anilines is 1. The molecule has 2 aliphatic rings. The molecule has 0 atom stereocenters. The van der Waals surface area contributed by atoms with Crippen LogP contribution in [0.4, 0.5) is 5.69 Å². The zero-order valence-corrected chi connectivity index (χ0v) is 18.3. The predicted molar refractivity (Wildman–Crippen MR) is 124 cm³/mol. The minimum Gasteiger partial charge on any atom is -0.325 e. The van der Waals surface area contributed by atoms with Crippen LogP contribution in [0.15, 0.2) is 48.5 Å². The van der Waals surface area contributed by atoms with E-state index in [1.165, 1.54) is 21.9 Å². The number of carbonyl (C=O) groups excluding carboxylic acids is 1. The molecule has 5 heteroatoms. The van der Waals surface area contributed by atoms with Crippen LogP contribution >= 0.6 is 23.2 Å². The fraction of sp³-hybridized carbons (Fsp3) is 0.320. The average molecular weight is 439 g/mol. The lowest BCUT2D eigenvalue weighted by molar-refractivity contribution is -0.121. The van der Waals surface area contributed by atoms with E-state index in [4.69, 9.17) is 23.2 Å². The number of hydrogen-bond acceptors (Lipinski definition) is 2. The molecule has 0 bridgehead atoms. The van der Waals surface area contributed by atoms with Crippen molar-refractivity contribution in [2.24, 2.45) is 5.92 Å². The number of hydrogen-bond donors (Lipinski definition) is 1. The molecule has 1 fully saturated rings. The van der Waals surface area contributed by atoms with Crippen molar-refractivity contribution >= 4 is 45.6 Å². The van der Waals surface area contributed by atoms with E-state index in [9.17, 15) is 4.79 Å². The molecular weight excluding hydrogens is 415 g/mol. The molecule has 5 rings (SSSR count). The summed E-state index contributed by atoms with van der Waals surface area (Å²) in [5, 5.41) is 7.09. The highest BCUT2D eigenvalue weighted by Gasteiger charge is 2.26. The van der Waals surface area contributed by atoms with Gasteiger partial charge in [-0.2, -0.15) is 0 Å². The number of carbonyl (C=O) groups is 1. The highest BCUT2D eigenvalue weighted by molar-refractivity contribution is 6.35. The number of likely N-dealkylation sites (tertiary alicyclic amines) is 1. The van der Waals surface area contributed by atoms with Crippen molar-refractivity contribution < 1.29 is 4.79 Å². The molecule has 30 heavy (non-hydrogen) atoms. The molecule has 1 heterocycles. The Morgan fingerprint density at radius 2 is 1.77 bits per heavy atom. The Kier molecular flexibility index (Phi) is 5.44. The monoisotopic (exact) mass is 438 g/mol. The summed E-state index contributed by atoms with van der Waals surface area (Å²) in [5.74, 6) is 0.183. The van der Waals surface area contributed by atoms with Gasteiger partial charge in [0.2, 0.25) is 5.91 Å². The van der Waals surface area contributed by atoms with Gasteiger partial charge in [0.1, 0.15) is 0 Å². The van der Waals surface area contributed by atoms with Crippen molar-refractivity contribution in [1.82, 2.24) is 4.90 Å². The summed E-state index contributed by atoms with van der Waals surface area (Å²) in [4.78, 5) is 15.3. The maximum Gasteiger partial charge on any atom is 0.227 e. The normalized spacial score (nSPS) is 16.9. The topological polar surface area (TPSA) is 32.3 Å². The fourth-order valence-corrected chi connectivity index (χ4v) is 5.30. The Labute approximate surface area is 187 Å². The SMILES string of the molecule is O=C(Nc1ccc2c3c(cccc13)CC2)C1CCN(Cc2ccc(Cl)cc2Cl)CC1. The number of nitrogens with zero attached hydrogens (tertiary/aromatic N) is 1. The van der Waals surface area contributed by atoms with Crippen molar-refractivity contribution in [2.45, 2.75) is 32.2 Å². The Morgan fingerprint density at radius 1 is 1.00 bits per heavy atom. The number of halogens is 2. The van der Waals surface area contributed by atoms with Crippen LogP contribution in [0.1, 0.15) is 29.5 Å². The third kappa shape index (κ3) is 3.82. The van der Waals surface area contributed by atoms with Crippen LogP contribution in [-0.4, -0.2) is 23.9 Å². The minimum atomic E-state index is 0.0463. The summed E-state index contributed by atoms with van der Waals surface area (Å²) in [6, 6.07) is 16.3. The molecule has 0 radical (unpaired) electrons. The Morgan fingerprint density at radius 3 is 2.53 bits per heavy atom. The van der Waals surface area contributed by atoms with Gasteiger partial charge >= 0.3 is 0 Å². The predicted octanol–water partition coefficient (Wildman–Crippen LogP) is 6.10. The van der Waals surface area contributed by atoms with E-state index >= 15 is 0 Å². The maximum absolute atomic E-state index is 13.0. The van der Waals surface area contributed by atoms with E-state index in [2.05, 4.69) is 40.5 Å². The maximum atomic E-state index is 13.0. The molecule has 1 saturated heterocycles. The van der Waals surface area contributed by atoms with Crippen LogP contribution in [-0.2, 0) is 24.2 Å². The minimum absolute atomic E-state index is 0.0463. The molecule has 0 unspecified atom stereocenters. The first-order chi connectivity index (χ1) is 14.6. The molecule has 0 aromatic heterocycles. The molecule has 3 nitrogen and oxygen atoms in total. The fourth-order valence-electron chi connectivity index (χ4n) is 4.83. The zero-order chi connectivity index (χ0) is 20.7. The molecule has 0 spiro atoms. The molecule has 3 aromatic rings. The highest BCUT2D eigenvalue weighted by Crippen LogP contribution is 2.35. The summed E-state index contributed by atoms with van der Waals surface area (Å²) in [5.41, 5.74) is 4.82. The largest absolute Gasteiger partial charge is 0.325 e. The number of nitrogens with one attached hydrogen (secondary N) is 1. The molecule has 1 N–H and O–H groups in total. The average Bonchev–Trinajstić information content (AvgIpc) is 3.17. The second-order valence-electron chi connectivity index (χ2n) is 8.39. The van der Waals surface area contributed by atoms with Crippen molar-refractivity contribution in [2.75, 3.05) is 18.4 Å². The molecule has 1 amide bonds. The quantitative estimate of drug-likeness (QED) is 0.533. The van der Waals surface area contributed by atoms with Gasteiger partial charge in [-0.05, 0) is 79.0 Å². The third-order valence-electron chi connectivity index (χ3n) is 6.50. The number of aryl methyl sites for hydroxylation is 2. The highest BCUT2D eigenvalue weighted by atomic mass is 35.5. The van der Waals surface area contributed by atoms with Gasteiger partial charge in [0.05, 0.1) is 0 Å². The lowest BCUT2D eigenvalue weighted by atomic mass is 9.95. The van der Waals surface area contributed by atoms with Crippen LogP contribution in [0.3, 0.4) is 0 Å². The molecule has 3 aromatic carbocycles. The number of piperidine rings is 1. The first kappa shape index (κ1) is 19.9. The van der Waals surface area contributed by atoms with E-state index in [1.54, 1.807) is 6.07 Å². The van der Waals surface area contributed by atoms with Gasteiger partial charge in [-0.3, -0.25) is 9.69 Å². The molecule has 1 aliphatic heterocycles. The standard InChI is InChI=1S/C25H24Cl2N2O/c26-20-8-6-19(22(27)14-20)15-29-12-10-18(11-13-29)25(30)28-23-9-7-17-5-4-16-2-1-3-21(23)24(16)17/h1-3,6-9,14,18H,4-5,10-13,15H2,(H,28,30). The zero-order valence-electron chi connectivity index (χ0n) is 16.8. The first-order valence-electron chi connectivity index (χ1n) is 10.6. The lowest BCUT2D eigenvalue weighted by Crippen LogP contribution is -2.37. The van der Waals surface area contributed by atoms with Gasteiger partial charge in [-0.1, -0.05) is 53.5 Å². The first-order valence-corrected chi connectivity index (χ1v) is 11.3. The molecule has 0 saturated carbocycles. The summed E-state index contributed by atoms with van der Waals surface area (Å²) in [6.07, 6.45) is 3.91. The number of amides is 1. The second kappa shape index (κ2) is 8.22. The van der Waals surface area contributed by atoms with Gasteiger partial charge in [-0.25, -0.2) is 0 Å². The van der Waals surface area contributed by atoms with Crippen LogP contribution in [0.5, 0.6) is 0 Å². The number of benzene rings is 3. The molecule has 154 valence electrons. The van der Waals surface area contributed by atoms with Crippen LogP contribution in [0.2, 0.25) is 10.0 Å². The summed E-state index contributed by atoms with van der Waals surface area (Å²) in [7, 11) is 0. The Bertz CT molecular complexity index is 1110. The smallest absolute Gasteiger partial charge is 0.227 e. The summed E-state index contributed by atoms with van der Waals surface area (Å²) < 4.78 is 0. The van der Waals surface area contributed by atoms with E-state index in [0.717, 1.165) is 56.6 Å². The van der Waals surface area contributed by atoms with Gasteiger partial charge in [0.25, 0.3) is 0 Å². The van der Waals surface area contributed by atoms with Crippen molar-refractivity contribution in [3.63, 3.8) is 0 Å². The Hall–Kier alpha value is -2.07. The van der Waals surface area contributed by atoms with Crippen LogP contribution in [0, 0.1) is 5.92 Å². The second-order valence-corrected chi connectivity index (χ2v) is 9.23. The van der Waals surface area contributed by atoms with Gasteiger partial charge in [0, 0.05) is 33.6 Å². The van der Waals surface area contributed by atoms with Crippen molar-refractivity contribution in [3.8, 4) is 0 Å². The molecule has 1 aliphatic carbocycles. The molecular formula is C25H24Cl2N2O. The van der Waals surface area contributed by atoms with Crippen molar-refractivity contribution in [3.05, 3.63) is 75.3 Å².